The van der Waals surface area contributed by atoms with Gasteiger partial charge < -0.3 is 14.4 Å². The van der Waals surface area contributed by atoms with Gasteiger partial charge in [0.25, 0.3) is 0 Å². The summed E-state index contributed by atoms with van der Waals surface area (Å²) in [5, 5.41) is 0. The van der Waals surface area contributed by atoms with E-state index in [0.717, 1.165) is 6.07 Å². The Morgan fingerprint density at radius 1 is 1.21 bits per heavy atom. The van der Waals surface area contributed by atoms with Crippen LogP contribution in [0, 0.1) is 11.6 Å². The number of nitrogens with zero attached hydrogens (tertiary/aromatic N) is 3. The molecule has 3 heterocycles. The molecule has 2 aromatic rings. The Labute approximate surface area is 197 Å². The number of aromatic nitrogens is 1. The van der Waals surface area contributed by atoms with Gasteiger partial charge in [-0.15, -0.1) is 0 Å². The normalized spacial score (nSPS) is 21.9. The van der Waals surface area contributed by atoms with Gasteiger partial charge in [0.1, 0.15) is 23.0 Å². The highest BCUT2D eigenvalue weighted by Gasteiger charge is 2.53. The summed E-state index contributed by atoms with van der Waals surface area (Å²) in [6.07, 6.45) is 3.38. The first-order valence-corrected chi connectivity index (χ1v) is 11.2. The summed E-state index contributed by atoms with van der Waals surface area (Å²) in [6.45, 7) is 9.97. The van der Waals surface area contributed by atoms with Gasteiger partial charge >= 0.3 is 6.09 Å². The number of benzene rings is 1. The molecule has 0 bridgehead atoms. The largest absolute Gasteiger partial charge is 0.444 e. The number of rotatable bonds is 3. The lowest BCUT2D eigenvalue weighted by molar-refractivity contribution is -0.0766. The van der Waals surface area contributed by atoms with Gasteiger partial charge in [-0.2, -0.15) is 0 Å². The zero-order valence-corrected chi connectivity index (χ0v) is 20.0. The van der Waals surface area contributed by atoms with E-state index in [4.69, 9.17) is 9.47 Å². The van der Waals surface area contributed by atoms with Gasteiger partial charge in [0.15, 0.2) is 6.29 Å². The summed E-state index contributed by atoms with van der Waals surface area (Å²) >= 11 is 0. The molecule has 0 unspecified atom stereocenters. The third kappa shape index (κ3) is 4.61. The monoisotopic (exact) mass is 473 g/mol. The van der Waals surface area contributed by atoms with E-state index in [1.54, 1.807) is 4.90 Å². The first-order valence-electron chi connectivity index (χ1n) is 11.2. The lowest BCUT2D eigenvalue weighted by Crippen LogP contribution is -2.54. The number of hydrogen-bond donors (Lipinski definition) is 0. The van der Waals surface area contributed by atoms with Crippen LogP contribution in [0.1, 0.15) is 51.4 Å². The molecule has 7 nitrogen and oxygen atoms in total. The summed E-state index contributed by atoms with van der Waals surface area (Å²) in [4.78, 5) is 32.6. The highest BCUT2D eigenvalue weighted by atomic mass is 19.1. The second kappa shape index (κ2) is 8.61. The number of carbonyl (C=O) groups is 2. The highest BCUT2D eigenvalue weighted by Crippen LogP contribution is 2.41. The number of piperidine rings is 1. The molecule has 0 N–H and O–H groups in total. The van der Waals surface area contributed by atoms with Crippen molar-refractivity contribution in [3.8, 4) is 11.1 Å². The minimum absolute atomic E-state index is 0.210. The highest BCUT2D eigenvalue weighted by molar-refractivity contribution is 5.92. The molecule has 1 aromatic carbocycles. The van der Waals surface area contributed by atoms with Gasteiger partial charge in [-0.3, -0.25) is 14.7 Å². The molecule has 2 aliphatic heterocycles. The number of hydrogen-bond acceptors (Lipinski definition) is 6. The van der Waals surface area contributed by atoms with Crippen molar-refractivity contribution in [3.63, 3.8) is 0 Å². The third-order valence-corrected chi connectivity index (χ3v) is 6.03. The van der Waals surface area contributed by atoms with Crippen LogP contribution in [0.25, 0.3) is 11.1 Å². The Hall–Kier alpha value is -3.07. The van der Waals surface area contributed by atoms with Gasteiger partial charge in [0, 0.05) is 37.1 Å². The van der Waals surface area contributed by atoms with Crippen molar-refractivity contribution in [1.82, 2.24) is 9.88 Å². The van der Waals surface area contributed by atoms with Crippen LogP contribution in [0.3, 0.4) is 0 Å². The molecular weight excluding hydrogens is 444 g/mol. The van der Waals surface area contributed by atoms with Crippen molar-refractivity contribution in [3.05, 3.63) is 47.8 Å². The predicted octanol–water partition coefficient (Wildman–Crippen LogP) is 4.79. The van der Waals surface area contributed by atoms with E-state index in [1.165, 1.54) is 24.5 Å². The minimum atomic E-state index is -0.881. The number of halogens is 2. The molecule has 2 aliphatic rings. The van der Waals surface area contributed by atoms with Crippen molar-refractivity contribution in [2.75, 3.05) is 18.0 Å². The number of amides is 1. The van der Waals surface area contributed by atoms with Gasteiger partial charge in [0.05, 0.1) is 23.4 Å². The molecular formula is C25H29F2N3O4. The fraction of sp³-hybridized carbons (Fsp3) is 0.480. The van der Waals surface area contributed by atoms with Crippen LogP contribution in [-0.4, -0.2) is 58.8 Å². The lowest BCUT2D eigenvalue weighted by Gasteiger charge is -2.39. The third-order valence-electron chi connectivity index (χ3n) is 6.03. The second-order valence-corrected chi connectivity index (χ2v) is 10.2. The van der Waals surface area contributed by atoms with Crippen LogP contribution in [-0.2, 0) is 9.47 Å². The molecule has 0 aliphatic carbocycles. The summed E-state index contributed by atoms with van der Waals surface area (Å²) in [5.41, 5.74) is 0.0503. The van der Waals surface area contributed by atoms with E-state index >= 15 is 0 Å². The van der Waals surface area contributed by atoms with E-state index in [2.05, 4.69) is 4.98 Å². The van der Waals surface area contributed by atoms with Crippen molar-refractivity contribution in [2.24, 2.45) is 0 Å². The first kappa shape index (κ1) is 24.1. The van der Waals surface area contributed by atoms with Crippen molar-refractivity contribution < 1.29 is 27.8 Å². The van der Waals surface area contributed by atoms with Crippen LogP contribution in [0.4, 0.5) is 19.3 Å². The van der Waals surface area contributed by atoms with E-state index < -0.39 is 29.1 Å². The summed E-state index contributed by atoms with van der Waals surface area (Å²) < 4.78 is 39.8. The topological polar surface area (TPSA) is 72.0 Å². The van der Waals surface area contributed by atoms with Gasteiger partial charge in [-0.1, -0.05) is 0 Å². The molecule has 0 saturated carbocycles. The summed E-state index contributed by atoms with van der Waals surface area (Å²) in [6, 6.07) is 3.01. The van der Waals surface area contributed by atoms with Crippen molar-refractivity contribution in [1.29, 1.82) is 0 Å². The molecule has 4 rings (SSSR count). The number of pyridine rings is 1. The smallest absolute Gasteiger partial charge is 0.412 e. The van der Waals surface area contributed by atoms with Crippen molar-refractivity contribution in [2.45, 2.75) is 64.5 Å². The quantitative estimate of drug-likeness (QED) is 0.597. The van der Waals surface area contributed by atoms with Gasteiger partial charge in [0.2, 0.25) is 0 Å². The average molecular weight is 474 g/mol. The Morgan fingerprint density at radius 2 is 1.88 bits per heavy atom. The molecule has 2 atom stereocenters. The molecule has 0 spiro atoms. The van der Waals surface area contributed by atoms with Gasteiger partial charge in [-0.25, -0.2) is 13.6 Å². The molecule has 1 amide bonds. The fourth-order valence-corrected chi connectivity index (χ4v) is 4.84. The molecule has 2 saturated heterocycles. The van der Waals surface area contributed by atoms with Crippen LogP contribution < -0.4 is 4.90 Å². The molecule has 1 aromatic heterocycles. The maximum atomic E-state index is 14.0. The standard InChI is InChI=1S/C25H29F2N3O4/c1-24(2,3)34-23(32)30-20-6-7-29(13-21(20)33-25(30,4)5)22-16(14-31)11-28-12-19(22)15-8-17(26)10-18(27)9-15/h8-12,14,20-21H,6-7,13H2,1-5H3/t20-,21+/m1/s1. The van der Waals surface area contributed by atoms with E-state index in [1.807, 2.05) is 39.5 Å². The maximum absolute atomic E-state index is 14.0. The summed E-state index contributed by atoms with van der Waals surface area (Å²) in [5.74, 6) is -1.44. The number of anilines is 1. The Bertz CT molecular complexity index is 1100. The average Bonchev–Trinajstić information content (AvgIpc) is 3.00. The SMILES string of the molecule is CC(C)(C)OC(=O)N1[C@@H]2CCN(c3c(C=O)cncc3-c3cc(F)cc(F)c3)C[C@@H]2OC1(C)C. The lowest BCUT2D eigenvalue weighted by atomic mass is 9.96. The Kier molecular flexibility index (Phi) is 6.10. The number of fused-ring (bicyclic) bond motifs is 1. The zero-order valence-electron chi connectivity index (χ0n) is 20.0. The Balaban J connectivity index is 1.67. The number of ether oxygens (including phenoxy) is 2. The van der Waals surface area contributed by atoms with Gasteiger partial charge in [-0.05, 0) is 58.7 Å². The fourth-order valence-electron chi connectivity index (χ4n) is 4.84. The number of carbonyl (C=O) groups excluding carboxylic acids is 2. The minimum Gasteiger partial charge on any atom is -0.444 e. The summed E-state index contributed by atoms with van der Waals surface area (Å²) in [7, 11) is 0. The van der Waals surface area contributed by atoms with E-state index in [0.29, 0.717) is 42.6 Å². The molecule has 2 fully saturated rings. The van der Waals surface area contributed by atoms with E-state index in [9.17, 15) is 18.4 Å². The maximum Gasteiger partial charge on any atom is 0.412 e. The van der Waals surface area contributed by atoms with Crippen LogP contribution in [0.2, 0.25) is 0 Å². The molecule has 182 valence electrons. The van der Waals surface area contributed by atoms with Crippen LogP contribution in [0.5, 0.6) is 0 Å². The first-order chi connectivity index (χ1) is 15.9. The van der Waals surface area contributed by atoms with Crippen LogP contribution in [0.15, 0.2) is 30.6 Å². The zero-order chi connectivity index (χ0) is 24.8. The molecule has 9 heteroatoms. The van der Waals surface area contributed by atoms with Crippen LogP contribution >= 0.6 is 0 Å². The van der Waals surface area contributed by atoms with E-state index in [-0.39, 0.29) is 17.7 Å². The predicted molar refractivity (Wildman–Crippen MR) is 123 cm³/mol. The molecule has 34 heavy (non-hydrogen) atoms. The Morgan fingerprint density at radius 3 is 2.50 bits per heavy atom. The number of aldehydes is 1. The second-order valence-electron chi connectivity index (χ2n) is 10.2. The molecule has 0 radical (unpaired) electrons. The van der Waals surface area contributed by atoms with Crippen molar-refractivity contribution >= 4 is 18.1 Å².